The zero-order chi connectivity index (χ0) is 20.2. The summed E-state index contributed by atoms with van der Waals surface area (Å²) in [5.41, 5.74) is 4.35. The number of nitrogens with one attached hydrogen (secondary N) is 1. The summed E-state index contributed by atoms with van der Waals surface area (Å²) in [4.78, 5) is 16.4. The van der Waals surface area contributed by atoms with Gasteiger partial charge in [-0.3, -0.25) is 9.36 Å². The summed E-state index contributed by atoms with van der Waals surface area (Å²) < 4.78 is 2.00. The lowest BCUT2D eigenvalue weighted by atomic mass is 10.1. The van der Waals surface area contributed by atoms with E-state index in [1.165, 1.54) is 34.2 Å². The Kier molecular flexibility index (Phi) is 5.73. The molecule has 0 bridgehead atoms. The first-order chi connectivity index (χ1) is 14.1. The van der Waals surface area contributed by atoms with Gasteiger partial charge in [-0.15, -0.1) is 21.5 Å². The second kappa shape index (κ2) is 8.59. The lowest BCUT2D eigenvalue weighted by molar-refractivity contribution is -0.113. The number of nitrogens with zero attached hydrogens (tertiary/aromatic N) is 4. The number of thioether (sulfide) groups is 1. The Hall–Kier alpha value is -2.97. The third-order valence-corrected chi connectivity index (χ3v) is 6.04. The smallest absolute Gasteiger partial charge is 0.236 e. The number of amides is 1. The zero-order valence-electron chi connectivity index (χ0n) is 16.0. The molecular formula is C21H19N5OS2. The van der Waals surface area contributed by atoms with Gasteiger partial charge in [0.1, 0.15) is 0 Å². The number of carbonyl (C=O) groups excluding carboxylic acids is 1. The van der Waals surface area contributed by atoms with E-state index in [1.807, 2.05) is 40.3 Å². The molecule has 0 saturated carbocycles. The molecule has 2 heterocycles. The second-order valence-electron chi connectivity index (χ2n) is 6.45. The topological polar surface area (TPSA) is 72.7 Å². The lowest BCUT2D eigenvalue weighted by Gasteiger charge is -2.12. The van der Waals surface area contributed by atoms with E-state index >= 15 is 0 Å². The predicted molar refractivity (Wildman–Crippen MR) is 118 cm³/mol. The van der Waals surface area contributed by atoms with Gasteiger partial charge in [-0.05, 0) is 37.1 Å². The zero-order valence-corrected chi connectivity index (χ0v) is 17.6. The summed E-state index contributed by atoms with van der Waals surface area (Å²) >= 11 is 2.74. The fourth-order valence-corrected chi connectivity index (χ4v) is 4.10. The Labute approximate surface area is 177 Å². The van der Waals surface area contributed by atoms with Crippen molar-refractivity contribution in [2.75, 3.05) is 11.1 Å². The van der Waals surface area contributed by atoms with Gasteiger partial charge in [0, 0.05) is 17.1 Å². The molecule has 0 radical (unpaired) electrons. The van der Waals surface area contributed by atoms with E-state index in [9.17, 15) is 4.79 Å². The summed E-state index contributed by atoms with van der Waals surface area (Å²) in [6, 6.07) is 16.2. The minimum absolute atomic E-state index is 0.124. The highest BCUT2D eigenvalue weighted by Crippen LogP contribution is 2.29. The molecule has 2 aromatic heterocycles. The first-order valence-corrected chi connectivity index (χ1v) is 10.9. The maximum Gasteiger partial charge on any atom is 0.236 e. The SMILES string of the molecule is Cc1ccc(-n2c(SCC(=O)Nc3nccs3)nnc2-c2ccccc2)cc1C. The normalized spacial score (nSPS) is 10.8. The third kappa shape index (κ3) is 4.38. The van der Waals surface area contributed by atoms with Crippen LogP contribution >= 0.6 is 23.1 Å². The van der Waals surface area contributed by atoms with E-state index in [-0.39, 0.29) is 11.7 Å². The molecule has 0 aliphatic carbocycles. The van der Waals surface area contributed by atoms with Crippen LogP contribution in [0, 0.1) is 13.8 Å². The van der Waals surface area contributed by atoms with Crippen LogP contribution in [0.2, 0.25) is 0 Å². The van der Waals surface area contributed by atoms with Gasteiger partial charge in [-0.2, -0.15) is 0 Å². The molecule has 4 rings (SSSR count). The summed E-state index contributed by atoms with van der Waals surface area (Å²) in [7, 11) is 0. The Morgan fingerprint density at radius 2 is 1.93 bits per heavy atom. The largest absolute Gasteiger partial charge is 0.301 e. The van der Waals surface area contributed by atoms with E-state index in [0.29, 0.717) is 10.3 Å². The number of aryl methyl sites for hydroxylation is 2. The Bertz CT molecular complexity index is 1120. The quantitative estimate of drug-likeness (QED) is 0.455. The Balaban J connectivity index is 1.65. The number of hydrogen-bond acceptors (Lipinski definition) is 6. The van der Waals surface area contributed by atoms with E-state index in [1.54, 1.807) is 6.20 Å². The van der Waals surface area contributed by atoms with Crippen molar-refractivity contribution < 1.29 is 4.79 Å². The number of aromatic nitrogens is 4. The second-order valence-corrected chi connectivity index (χ2v) is 8.29. The fraction of sp³-hybridized carbons (Fsp3) is 0.143. The summed E-state index contributed by atoms with van der Waals surface area (Å²) in [6.45, 7) is 4.17. The van der Waals surface area contributed by atoms with Gasteiger partial charge in [-0.1, -0.05) is 48.2 Å². The number of rotatable bonds is 6. The molecule has 0 aliphatic rings. The molecule has 0 spiro atoms. The van der Waals surface area contributed by atoms with Gasteiger partial charge in [0.15, 0.2) is 16.1 Å². The number of thiazole rings is 1. The summed E-state index contributed by atoms with van der Waals surface area (Å²) in [6.07, 6.45) is 1.66. The third-order valence-electron chi connectivity index (χ3n) is 4.43. The predicted octanol–water partition coefficient (Wildman–Crippen LogP) is 4.74. The molecule has 2 aromatic carbocycles. The molecule has 29 heavy (non-hydrogen) atoms. The van der Waals surface area contributed by atoms with Gasteiger partial charge in [0.25, 0.3) is 0 Å². The molecular weight excluding hydrogens is 402 g/mol. The van der Waals surface area contributed by atoms with Crippen molar-refractivity contribution in [3.63, 3.8) is 0 Å². The van der Waals surface area contributed by atoms with Crippen LogP contribution in [-0.4, -0.2) is 31.4 Å². The minimum atomic E-state index is -0.124. The van der Waals surface area contributed by atoms with Crippen LogP contribution < -0.4 is 5.32 Å². The lowest BCUT2D eigenvalue weighted by Crippen LogP contribution is -2.14. The van der Waals surface area contributed by atoms with Crippen LogP contribution in [-0.2, 0) is 4.79 Å². The van der Waals surface area contributed by atoms with E-state index < -0.39 is 0 Å². The molecule has 8 heteroatoms. The molecule has 0 saturated heterocycles. The van der Waals surface area contributed by atoms with Gasteiger partial charge in [0.05, 0.1) is 11.4 Å². The van der Waals surface area contributed by atoms with E-state index in [4.69, 9.17) is 0 Å². The molecule has 0 fully saturated rings. The van der Waals surface area contributed by atoms with E-state index in [2.05, 4.69) is 52.5 Å². The first kappa shape index (κ1) is 19.4. The molecule has 1 amide bonds. The monoisotopic (exact) mass is 421 g/mol. The van der Waals surface area contributed by atoms with Crippen LogP contribution in [0.3, 0.4) is 0 Å². The first-order valence-electron chi connectivity index (χ1n) is 9.02. The highest BCUT2D eigenvalue weighted by molar-refractivity contribution is 7.99. The highest BCUT2D eigenvalue weighted by atomic mass is 32.2. The van der Waals surface area contributed by atoms with Crippen LogP contribution in [0.15, 0.2) is 65.3 Å². The van der Waals surface area contributed by atoms with Crippen molar-refractivity contribution in [2.24, 2.45) is 0 Å². The standard InChI is InChI=1S/C21H19N5OS2/c1-14-8-9-17(12-15(14)2)26-19(16-6-4-3-5-7-16)24-25-21(26)29-13-18(27)23-20-22-10-11-28-20/h3-12H,13H2,1-2H3,(H,22,23,27). The van der Waals surface area contributed by atoms with Gasteiger partial charge < -0.3 is 5.32 Å². The molecule has 0 atom stereocenters. The highest BCUT2D eigenvalue weighted by Gasteiger charge is 2.18. The van der Waals surface area contributed by atoms with Crippen molar-refractivity contribution in [1.82, 2.24) is 19.7 Å². The van der Waals surface area contributed by atoms with Crippen molar-refractivity contribution in [2.45, 2.75) is 19.0 Å². The van der Waals surface area contributed by atoms with Crippen LogP contribution in [0.25, 0.3) is 17.1 Å². The molecule has 1 N–H and O–H groups in total. The van der Waals surface area contributed by atoms with Crippen LogP contribution in [0.1, 0.15) is 11.1 Å². The van der Waals surface area contributed by atoms with Crippen molar-refractivity contribution in [3.8, 4) is 17.1 Å². The summed E-state index contributed by atoms with van der Waals surface area (Å²) in [5, 5.41) is 14.7. The molecule has 0 unspecified atom stereocenters. The number of hydrogen-bond donors (Lipinski definition) is 1. The van der Waals surface area contributed by atoms with Gasteiger partial charge in [-0.25, -0.2) is 4.98 Å². The molecule has 6 nitrogen and oxygen atoms in total. The number of anilines is 1. The Morgan fingerprint density at radius 3 is 2.66 bits per heavy atom. The number of benzene rings is 2. The minimum Gasteiger partial charge on any atom is -0.301 e. The van der Waals surface area contributed by atoms with Crippen molar-refractivity contribution in [1.29, 1.82) is 0 Å². The van der Waals surface area contributed by atoms with Crippen molar-refractivity contribution >= 4 is 34.1 Å². The van der Waals surface area contributed by atoms with Crippen molar-refractivity contribution in [3.05, 3.63) is 71.2 Å². The maximum absolute atomic E-state index is 12.3. The average molecular weight is 422 g/mol. The molecule has 4 aromatic rings. The van der Waals surface area contributed by atoms with Crippen LogP contribution in [0.5, 0.6) is 0 Å². The van der Waals surface area contributed by atoms with Gasteiger partial charge >= 0.3 is 0 Å². The van der Waals surface area contributed by atoms with Crippen LogP contribution in [0.4, 0.5) is 5.13 Å². The Morgan fingerprint density at radius 1 is 1.10 bits per heavy atom. The van der Waals surface area contributed by atoms with Gasteiger partial charge in [0.2, 0.25) is 5.91 Å². The molecule has 0 aliphatic heterocycles. The maximum atomic E-state index is 12.3. The average Bonchev–Trinajstić information content (AvgIpc) is 3.39. The van der Waals surface area contributed by atoms with E-state index in [0.717, 1.165) is 17.1 Å². The fourth-order valence-electron chi connectivity index (χ4n) is 2.81. The summed E-state index contributed by atoms with van der Waals surface area (Å²) in [5.74, 6) is 0.842. The number of carbonyl (C=O) groups is 1. The molecule has 146 valence electrons.